The van der Waals surface area contributed by atoms with Crippen molar-refractivity contribution in [2.75, 3.05) is 0 Å². The smallest absolute Gasteiger partial charge is 0.192 e. The highest BCUT2D eigenvalue weighted by atomic mass is 28.4. The maximum atomic E-state index is 7.03. The van der Waals surface area contributed by atoms with Crippen LogP contribution in [0.15, 0.2) is 11.6 Å². The summed E-state index contributed by atoms with van der Waals surface area (Å²) in [6.45, 7) is 24.1. The SMILES string of the molecule is CC1C=C2CC(C)(C)C[C@H](O[Si](C)(C)C(C)(C)C)[C@@]2(C)C[C@H]1C. The molecule has 134 valence electrons. The van der Waals surface area contributed by atoms with Gasteiger partial charge in [0.2, 0.25) is 0 Å². The van der Waals surface area contributed by atoms with Gasteiger partial charge in [-0.05, 0) is 54.6 Å². The summed E-state index contributed by atoms with van der Waals surface area (Å²) in [6, 6.07) is 0. The average Bonchev–Trinajstić information content (AvgIpc) is 2.31. The van der Waals surface area contributed by atoms with Crippen LogP contribution in [-0.2, 0) is 4.43 Å². The lowest BCUT2D eigenvalue weighted by molar-refractivity contribution is -0.0168. The third kappa shape index (κ3) is 3.63. The molecule has 0 heterocycles. The van der Waals surface area contributed by atoms with Gasteiger partial charge in [0.05, 0.1) is 6.10 Å². The van der Waals surface area contributed by atoms with E-state index in [1.54, 1.807) is 5.57 Å². The average molecular weight is 337 g/mol. The molecule has 0 bridgehead atoms. The van der Waals surface area contributed by atoms with Crippen LogP contribution in [0, 0.1) is 22.7 Å². The summed E-state index contributed by atoms with van der Waals surface area (Å²) in [4.78, 5) is 0. The lowest BCUT2D eigenvalue weighted by Gasteiger charge is -2.56. The van der Waals surface area contributed by atoms with E-state index >= 15 is 0 Å². The molecule has 2 aliphatic carbocycles. The summed E-state index contributed by atoms with van der Waals surface area (Å²) < 4.78 is 7.03. The zero-order valence-corrected chi connectivity index (χ0v) is 18.3. The molecular formula is C21H40OSi. The molecule has 0 aromatic heterocycles. The Bertz CT molecular complexity index is 483. The van der Waals surface area contributed by atoms with Crippen molar-refractivity contribution >= 4 is 8.32 Å². The third-order valence-corrected chi connectivity index (χ3v) is 11.7. The van der Waals surface area contributed by atoms with Crippen LogP contribution < -0.4 is 0 Å². The first kappa shape index (κ1) is 19.2. The van der Waals surface area contributed by atoms with E-state index < -0.39 is 8.32 Å². The first-order valence-corrected chi connectivity index (χ1v) is 12.5. The molecule has 2 rings (SSSR count). The molecule has 2 aliphatic rings. The summed E-state index contributed by atoms with van der Waals surface area (Å²) in [7, 11) is -1.74. The normalized spacial score (nSPS) is 38.0. The summed E-state index contributed by atoms with van der Waals surface area (Å²) in [6.07, 6.45) is 6.71. The van der Waals surface area contributed by atoms with Crippen LogP contribution in [0.25, 0.3) is 0 Å². The van der Waals surface area contributed by atoms with E-state index in [0.717, 1.165) is 5.92 Å². The van der Waals surface area contributed by atoms with E-state index in [1.807, 2.05) is 0 Å². The quantitative estimate of drug-likeness (QED) is 0.398. The molecule has 1 nitrogen and oxygen atoms in total. The molecule has 1 unspecified atom stereocenters. The van der Waals surface area contributed by atoms with E-state index in [9.17, 15) is 0 Å². The Balaban J connectivity index is 2.39. The van der Waals surface area contributed by atoms with Gasteiger partial charge in [-0.2, -0.15) is 0 Å². The molecule has 1 saturated carbocycles. The Morgan fingerprint density at radius 3 is 2.17 bits per heavy atom. The zero-order valence-electron chi connectivity index (χ0n) is 17.3. The number of fused-ring (bicyclic) bond motifs is 1. The molecule has 4 atom stereocenters. The summed E-state index contributed by atoms with van der Waals surface area (Å²) in [5.41, 5.74) is 2.29. The fourth-order valence-electron chi connectivity index (χ4n) is 4.28. The summed E-state index contributed by atoms with van der Waals surface area (Å²) in [5, 5.41) is 0.280. The standard InChI is InChI=1S/C21H40OSi/c1-15-11-17-13-20(6,7)14-18(21(17,8)12-16(15)2)22-23(9,10)19(3,4)5/h11,15-16,18H,12-14H2,1-10H3/t15?,16-,18+,21+/m1/s1. The predicted molar refractivity (Wildman–Crippen MR) is 104 cm³/mol. The second-order valence-corrected chi connectivity index (χ2v) is 15.8. The molecule has 2 heteroatoms. The highest BCUT2D eigenvalue weighted by Gasteiger charge is 2.52. The zero-order chi connectivity index (χ0) is 17.8. The minimum Gasteiger partial charge on any atom is -0.413 e. The maximum absolute atomic E-state index is 7.03. The van der Waals surface area contributed by atoms with Crippen LogP contribution in [0.1, 0.15) is 74.7 Å². The van der Waals surface area contributed by atoms with E-state index in [0.29, 0.717) is 17.4 Å². The van der Waals surface area contributed by atoms with Crippen LogP contribution in [0.5, 0.6) is 0 Å². The minimum atomic E-state index is -1.74. The van der Waals surface area contributed by atoms with E-state index in [-0.39, 0.29) is 10.5 Å². The van der Waals surface area contributed by atoms with Crippen LogP contribution in [0.4, 0.5) is 0 Å². The van der Waals surface area contributed by atoms with Gasteiger partial charge in [-0.1, -0.05) is 67.0 Å². The van der Waals surface area contributed by atoms with E-state index in [2.05, 4.69) is 74.6 Å². The molecular weight excluding hydrogens is 296 g/mol. The lowest BCUT2D eigenvalue weighted by Crippen LogP contribution is -2.54. The van der Waals surface area contributed by atoms with Crippen LogP contribution >= 0.6 is 0 Å². The fraction of sp³-hybridized carbons (Fsp3) is 0.905. The molecule has 0 aromatic carbocycles. The second kappa shape index (κ2) is 5.73. The monoisotopic (exact) mass is 336 g/mol. The Hall–Kier alpha value is -0.0831. The topological polar surface area (TPSA) is 9.23 Å². The third-order valence-electron chi connectivity index (χ3n) is 7.20. The van der Waals surface area contributed by atoms with E-state index in [4.69, 9.17) is 4.43 Å². The van der Waals surface area contributed by atoms with Crippen molar-refractivity contribution in [2.45, 2.75) is 98.9 Å². The Labute approximate surface area is 146 Å². The van der Waals surface area contributed by atoms with Gasteiger partial charge in [-0.25, -0.2) is 0 Å². The summed E-state index contributed by atoms with van der Waals surface area (Å²) >= 11 is 0. The van der Waals surface area contributed by atoms with Crippen molar-refractivity contribution in [3.8, 4) is 0 Å². The van der Waals surface area contributed by atoms with Gasteiger partial charge in [-0.15, -0.1) is 0 Å². The number of allylic oxidation sites excluding steroid dienone is 1. The summed E-state index contributed by atoms with van der Waals surface area (Å²) in [5.74, 6) is 1.47. The van der Waals surface area contributed by atoms with Crippen molar-refractivity contribution in [1.82, 2.24) is 0 Å². The van der Waals surface area contributed by atoms with Crippen molar-refractivity contribution < 1.29 is 4.43 Å². The van der Waals surface area contributed by atoms with Crippen LogP contribution in [0.2, 0.25) is 18.1 Å². The molecule has 0 radical (unpaired) electrons. The van der Waals surface area contributed by atoms with Gasteiger partial charge in [0, 0.05) is 5.41 Å². The van der Waals surface area contributed by atoms with Crippen molar-refractivity contribution in [3.05, 3.63) is 11.6 Å². The van der Waals surface area contributed by atoms with Gasteiger partial charge in [-0.3, -0.25) is 0 Å². The molecule has 0 saturated heterocycles. The molecule has 0 N–H and O–H groups in total. The molecule has 0 aromatic rings. The molecule has 0 spiro atoms. The van der Waals surface area contributed by atoms with Gasteiger partial charge in [0.15, 0.2) is 8.32 Å². The van der Waals surface area contributed by atoms with Crippen LogP contribution in [-0.4, -0.2) is 14.4 Å². The second-order valence-electron chi connectivity index (χ2n) is 11.1. The highest BCUT2D eigenvalue weighted by molar-refractivity contribution is 6.74. The maximum Gasteiger partial charge on any atom is 0.192 e. The molecule has 23 heavy (non-hydrogen) atoms. The Kier molecular flexibility index (Phi) is 4.79. The first-order chi connectivity index (χ1) is 10.2. The molecule has 0 amide bonds. The largest absolute Gasteiger partial charge is 0.413 e. The van der Waals surface area contributed by atoms with Gasteiger partial charge in [0.1, 0.15) is 0 Å². The Morgan fingerprint density at radius 1 is 1.09 bits per heavy atom. The predicted octanol–water partition coefficient (Wildman–Crippen LogP) is 6.81. The molecule has 1 fully saturated rings. The van der Waals surface area contributed by atoms with Gasteiger partial charge < -0.3 is 4.43 Å². The number of hydrogen-bond donors (Lipinski definition) is 0. The van der Waals surface area contributed by atoms with Gasteiger partial charge in [0.25, 0.3) is 0 Å². The van der Waals surface area contributed by atoms with Crippen molar-refractivity contribution in [2.24, 2.45) is 22.7 Å². The van der Waals surface area contributed by atoms with Crippen LogP contribution in [0.3, 0.4) is 0 Å². The lowest BCUT2D eigenvalue weighted by atomic mass is 9.55. The van der Waals surface area contributed by atoms with Crippen molar-refractivity contribution in [3.63, 3.8) is 0 Å². The van der Waals surface area contributed by atoms with E-state index in [1.165, 1.54) is 19.3 Å². The van der Waals surface area contributed by atoms with Gasteiger partial charge >= 0.3 is 0 Å². The molecule has 0 aliphatic heterocycles. The number of hydrogen-bond acceptors (Lipinski definition) is 1. The fourth-order valence-corrected chi connectivity index (χ4v) is 5.68. The Morgan fingerprint density at radius 2 is 1.65 bits per heavy atom. The minimum absolute atomic E-state index is 0.247. The first-order valence-electron chi connectivity index (χ1n) is 9.57. The highest BCUT2D eigenvalue weighted by Crippen LogP contribution is 2.57. The van der Waals surface area contributed by atoms with Crippen molar-refractivity contribution in [1.29, 1.82) is 0 Å². The number of rotatable bonds is 2.